The van der Waals surface area contributed by atoms with Crippen LogP contribution >= 0.6 is 11.3 Å². The highest BCUT2D eigenvalue weighted by atomic mass is 32.1. The van der Waals surface area contributed by atoms with Gasteiger partial charge in [0.1, 0.15) is 40.5 Å². The number of aryl methyl sites for hydroxylation is 2. The number of hydrogen-bond donors (Lipinski definition) is 0. The largest absolute Gasteiger partial charge is 0.497 e. The van der Waals surface area contributed by atoms with Crippen molar-refractivity contribution < 1.29 is 27.1 Å². The monoisotopic (exact) mass is 512 g/mol. The van der Waals surface area contributed by atoms with Crippen molar-refractivity contribution in [3.63, 3.8) is 0 Å². The highest BCUT2D eigenvalue weighted by Crippen LogP contribution is 2.44. The van der Waals surface area contributed by atoms with Crippen LogP contribution < -0.4 is 9.64 Å². The molecule has 1 saturated heterocycles. The normalized spacial score (nSPS) is 16.6. The van der Waals surface area contributed by atoms with Crippen LogP contribution in [0.25, 0.3) is 11.3 Å². The van der Waals surface area contributed by atoms with Gasteiger partial charge in [0.25, 0.3) is 0 Å². The quantitative estimate of drug-likeness (QED) is 0.483. The Labute approximate surface area is 203 Å². The first-order chi connectivity index (χ1) is 16.5. The Morgan fingerprint density at radius 1 is 1.23 bits per heavy atom. The van der Waals surface area contributed by atoms with Crippen molar-refractivity contribution in [2.24, 2.45) is 0 Å². The average molecular weight is 513 g/mol. The maximum Gasteiger partial charge on any atom is 0.443 e. The molecule has 1 fully saturated rings. The predicted octanol–water partition coefficient (Wildman–Crippen LogP) is 3.92. The van der Waals surface area contributed by atoms with E-state index in [2.05, 4.69) is 15.1 Å². The molecular weight excluding hydrogens is 488 g/mol. The molecule has 0 N–H and O–H groups in total. The average Bonchev–Trinajstić information content (AvgIpc) is 3.36. The Morgan fingerprint density at radius 2 is 1.97 bits per heavy atom. The van der Waals surface area contributed by atoms with Crippen molar-refractivity contribution in [2.75, 3.05) is 31.6 Å². The third-order valence-electron chi connectivity index (χ3n) is 5.77. The fourth-order valence-electron chi connectivity index (χ4n) is 4.08. The van der Waals surface area contributed by atoms with Gasteiger partial charge < -0.3 is 14.5 Å². The molecule has 188 valence electrons. The third kappa shape index (κ3) is 5.09. The smallest absolute Gasteiger partial charge is 0.443 e. The maximum atomic E-state index is 14.8. The number of ether oxygens (including phenoxy) is 1. The second-order valence-electron chi connectivity index (χ2n) is 8.26. The second-order valence-corrected chi connectivity index (χ2v) is 9.24. The van der Waals surface area contributed by atoms with E-state index in [0.717, 1.165) is 6.07 Å². The summed E-state index contributed by atoms with van der Waals surface area (Å²) in [5.74, 6) is 0.546. The predicted molar refractivity (Wildman–Crippen MR) is 122 cm³/mol. The number of methoxy groups -OCH3 is 1. The van der Waals surface area contributed by atoms with Crippen LogP contribution in [0.4, 0.5) is 22.6 Å². The van der Waals surface area contributed by atoms with Gasteiger partial charge >= 0.3 is 6.18 Å². The number of halogens is 4. The lowest BCUT2D eigenvalue weighted by Crippen LogP contribution is -2.54. The second kappa shape index (κ2) is 9.44. The fraction of sp³-hybridized carbons (Fsp3) is 0.455. The Kier molecular flexibility index (Phi) is 6.71. The number of carbonyl (C=O) groups excluding carboxylic acids is 1. The van der Waals surface area contributed by atoms with Gasteiger partial charge in [-0.2, -0.15) is 18.3 Å². The molecule has 0 radical (unpaired) electrons. The van der Waals surface area contributed by atoms with E-state index < -0.39 is 17.0 Å². The number of hydrogen-bond acceptors (Lipinski definition) is 7. The molecule has 1 atom stereocenters. The van der Waals surface area contributed by atoms with Crippen LogP contribution in [0.2, 0.25) is 0 Å². The standard InChI is InChI=1S/C22H24F4N6O2S/c1-12-10-30(7-8-31(12)18(33)11-32-14(3)27-13(2)29-32)20-19(28-21(35-20)22(24,25)26)16-6-5-15(34-4)9-17(16)23/h5-6,9,12H,7-8,10-11H2,1-4H3/t12-/m1/s1. The molecule has 2 aromatic heterocycles. The number of anilines is 1. The Morgan fingerprint density at radius 3 is 2.54 bits per heavy atom. The van der Waals surface area contributed by atoms with E-state index in [4.69, 9.17) is 4.74 Å². The molecule has 0 unspecified atom stereocenters. The van der Waals surface area contributed by atoms with Gasteiger partial charge in [-0.05, 0) is 32.9 Å². The number of aromatic nitrogens is 4. The number of thiazole rings is 1. The van der Waals surface area contributed by atoms with Crippen molar-refractivity contribution in [3.05, 3.63) is 40.7 Å². The minimum absolute atomic E-state index is 0.0259. The van der Waals surface area contributed by atoms with Gasteiger partial charge in [-0.25, -0.2) is 19.0 Å². The van der Waals surface area contributed by atoms with Gasteiger partial charge in [0.15, 0.2) is 0 Å². The summed E-state index contributed by atoms with van der Waals surface area (Å²) in [5.41, 5.74) is -0.126. The lowest BCUT2D eigenvalue weighted by molar-refractivity contribution is -0.137. The molecule has 1 aliphatic rings. The summed E-state index contributed by atoms with van der Waals surface area (Å²) < 4.78 is 61.9. The first-order valence-corrected chi connectivity index (χ1v) is 11.6. The van der Waals surface area contributed by atoms with Crippen LogP contribution in [0.15, 0.2) is 18.2 Å². The molecule has 13 heteroatoms. The first kappa shape index (κ1) is 24.9. The number of piperazine rings is 1. The first-order valence-electron chi connectivity index (χ1n) is 10.8. The molecule has 1 amide bonds. The Bertz CT molecular complexity index is 1240. The molecule has 0 bridgehead atoms. The molecule has 1 aromatic carbocycles. The van der Waals surface area contributed by atoms with Crippen LogP contribution in [-0.4, -0.2) is 63.3 Å². The van der Waals surface area contributed by atoms with Crippen LogP contribution in [-0.2, 0) is 17.5 Å². The summed E-state index contributed by atoms with van der Waals surface area (Å²) in [6.45, 7) is 6.18. The number of benzene rings is 1. The van der Waals surface area contributed by atoms with Crippen molar-refractivity contribution >= 4 is 22.2 Å². The molecule has 0 saturated carbocycles. The zero-order valence-electron chi connectivity index (χ0n) is 19.6. The maximum absolute atomic E-state index is 14.8. The minimum atomic E-state index is -4.67. The third-order valence-corrected chi connectivity index (χ3v) is 6.93. The van der Waals surface area contributed by atoms with Crippen molar-refractivity contribution in [3.8, 4) is 17.0 Å². The molecular formula is C22H24F4N6O2S. The van der Waals surface area contributed by atoms with Crippen LogP contribution in [0, 0.1) is 19.7 Å². The number of carbonyl (C=O) groups is 1. The molecule has 3 aromatic rings. The molecule has 35 heavy (non-hydrogen) atoms. The highest BCUT2D eigenvalue weighted by Gasteiger charge is 2.39. The van der Waals surface area contributed by atoms with Crippen LogP contribution in [0.1, 0.15) is 23.6 Å². The van der Waals surface area contributed by atoms with E-state index in [1.807, 2.05) is 6.92 Å². The van der Waals surface area contributed by atoms with E-state index in [-0.39, 0.29) is 60.1 Å². The van der Waals surface area contributed by atoms with Gasteiger partial charge in [0.05, 0.1) is 7.11 Å². The van der Waals surface area contributed by atoms with E-state index in [1.54, 1.807) is 23.6 Å². The molecule has 8 nitrogen and oxygen atoms in total. The topological polar surface area (TPSA) is 76.4 Å². The molecule has 3 heterocycles. The fourth-order valence-corrected chi connectivity index (χ4v) is 5.06. The van der Waals surface area contributed by atoms with Crippen LogP contribution in [0.3, 0.4) is 0 Å². The van der Waals surface area contributed by atoms with E-state index in [0.29, 0.717) is 23.0 Å². The van der Waals surface area contributed by atoms with E-state index >= 15 is 0 Å². The molecule has 0 aliphatic carbocycles. The van der Waals surface area contributed by atoms with Crippen molar-refractivity contribution in [1.82, 2.24) is 24.6 Å². The van der Waals surface area contributed by atoms with Crippen molar-refractivity contribution in [2.45, 2.75) is 39.5 Å². The minimum Gasteiger partial charge on any atom is -0.497 e. The van der Waals surface area contributed by atoms with E-state index in [1.165, 1.54) is 23.9 Å². The summed E-state index contributed by atoms with van der Waals surface area (Å²) in [4.78, 5) is 24.3. The highest BCUT2D eigenvalue weighted by molar-refractivity contribution is 7.16. The van der Waals surface area contributed by atoms with Gasteiger partial charge in [-0.15, -0.1) is 0 Å². The Balaban J connectivity index is 1.59. The van der Waals surface area contributed by atoms with Crippen LogP contribution in [0.5, 0.6) is 5.75 Å². The number of amides is 1. The zero-order chi connectivity index (χ0) is 25.5. The number of alkyl halides is 3. The molecule has 4 rings (SSSR count). The summed E-state index contributed by atoms with van der Waals surface area (Å²) >= 11 is 0.472. The van der Waals surface area contributed by atoms with E-state index in [9.17, 15) is 22.4 Å². The van der Waals surface area contributed by atoms with Gasteiger partial charge in [0, 0.05) is 37.3 Å². The van der Waals surface area contributed by atoms with Gasteiger partial charge in [0.2, 0.25) is 10.9 Å². The number of rotatable bonds is 5. The summed E-state index contributed by atoms with van der Waals surface area (Å²) in [6, 6.07) is 3.64. The summed E-state index contributed by atoms with van der Waals surface area (Å²) in [7, 11) is 1.37. The summed E-state index contributed by atoms with van der Waals surface area (Å²) in [5, 5.41) is 3.37. The SMILES string of the molecule is COc1ccc(-c2nc(C(F)(F)F)sc2N2CCN(C(=O)Cn3nc(C)nc3C)[C@H](C)C2)c(F)c1. The lowest BCUT2D eigenvalue weighted by atomic mass is 10.1. The van der Waals surface area contributed by atoms with Crippen molar-refractivity contribution in [1.29, 1.82) is 0 Å². The summed E-state index contributed by atoms with van der Waals surface area (Å²) in [6.07, 6.45) is -4.67. The Hall–Kier alpha value is -3.22. The zero-order valence-corrected chi connectivity index (χ0v) is 20.4. The lowest BCUT2D eigenvalue weighted by Gasteiger charge is -2.40. The van der Waals surface area contributed by atoms with Gasteiger partial charge in [-0.1, -0.05) is 11.3 Å². The number of nitrogens with zero attached hydrogens (tertiary/aromatic N) is 6. The molecule has 1 aliphatic heterocycles. The van der Waals surface area contributed by atoms with Gasteiger partial charge in [-0.3, -0.25) is 4.79 Å². The molecule has 0 spiro atoms.